The summed E-state index contributed by atoms with van der Waals surface area (Å²) < 4.78 is 44.7. The predicted octanol–water partition coefficient (Wildman–Crippen LogP) is 3.67. The average molecular weight is 459 g/mol. The lowest BCUT2D eigenvalue weighted by atomic mass is 10.0. The number of ether oxygens (including phenoxy) is 1. The molecule has 0 spiro atoms. The molecule has 0 fully saturated rings. The molecule has 6 nitrogen and oxygen atoms in total. The van der Waals surface area contributed by atoms with Crippen LogP contribution in [0.15, 0.2) is 51.9 Å². The van der Waals surface area contributed by atoms with Crippen molar-refractivity contribution in [2.24, 2.45) is 10.7 Å². The van der Waals surface area contributed by atoms with E-state index in [1.165, 1.54) is 36.4 Å². The number of alkyl halides is 3. The van der Waals surface area contributed by atoms with Crippen LogP contribution in [0.3, 0.4) is 0 Å². The lowest BCUT2D eigenvalue weighted by molar-refractivity contribution is -0.139. The molecule has 148 valence electrons. The van der Waals surface area contributed by atoms with Crippen LogP contribution < -0.4 is 10.5 Å². The molecule has 2 rings (SSSR count). The van der Waals surface area contributed by atoms with Crippen LogP contribution in [-0.4, -0.2) is 29.4 Å². The number of amides is 1. The van der Waals surface area contributed by atoms with Gasteiger partial charge in [0.05, 0.1) is 11.1 Å². The Morgan fingerprint density at radius 1 is 1.18 bits per heavy atom. The molecule has 2 aromatic rings. The third-order valence-corrected chi connectivity index (χ3v) is 3.96. The molecule has 2 aromatic carbocycles. The lowest BCUT2D eigenvalue weighted by Gasteiger charge is -2.12. The Hall–Kier alpha value is -2.88. The molecule has 1 amide bonds. The summed E-state index contributed by atoms with van der Waals surface area (Å²) in [6.07, 6.45) is -4.95. The first-order valence-electron chi connectivity index (χ1n) is 7.74. The number of carboxylic acids is 1. The lowest BCUT2D eigenvalue weighted by Crippen LogP contribution is -2.20. The Morgan fingerprint density at radius 3 is 2.50 bits per heavy atom. The summed E-state index contributed by atoms with van der Waals surface area (Å²) in [7, 11) is 0. The fourth-order valence-corrected chi connectivity index (χ4v) is 2.67. The normalized spacial score (nSPS) is 11.9. The number of aliphatic imine (C=N–C) groups is 1. The molecule has 0 saturated carbocycles. The van der Waals surface area contributed by atoms with E-state index in [0.717, 1.165) is 6.07 Å². The number of rotatable bonds is 6. The maximum Gasteiger partial charge on any atom is 0.416 e. The van der Waals surface area contributed by atoms with Crippen LogP contribution in [0.2, 0.25) is 0 Å². The molecular formula is C18H14BrF3N2O4. The van der Waals surface area contributed by atoms with Gasteiger partial charge in [0, 0.05) is 10.9 Å². The summed E-state index contributed by atoms with van der Waals surface area (Å²) in [5.41, 5.74) is 4.61. The molecule has 0 aromatic heterocycles. The zero-order valence-electron chi connectivity index (χ0n) is 14.2. The van der Waals surface area contributed by atoms with Crippen molar-refractivity contribution >= 4 is 33.6 Å². The minimum absolute atomic E-state index is 0.0390. The third kappa shape index (κ3) is 5.81. The molecule has 0 aliphatic rings. The second-order valence-electron chi connectivity index (χ2n) is 5.56. The molecule has 0 unspecified atom stereocenters. The molecule has 0 heterocycles. The van der Waals surface area contributed by atoms with Crippen molar-refractivity contribution in [3.63, 3.8) is 0 Å². The van der Waals surface area contributed by atoms with Gasteiger partial charge in [-0.25, -0.2) is 4.79 Å². The highest BCUT2D eigenvalue weighted by Gasteiger charge is 2.33. The fraction of sp³-hybridized carbons (Fsp3) is 0.167. The largest absolute Gasteiger partial charge is 0.481 e. The van der Waals surface area contributed by atoms with Crippen molar-refractivity contribution in [1.29, 1.82) is 0 Å². The van der Waals surface area contributed by atoms with Gasteiger partial charge in [-0.05, 0) is 29.8 Å². The molecule has 28 heavy (non-hydrogen) atoms. The first-order chi connectivity index (χ1) is 13.1. The average Bonchev–Trinajstić information content (AvgIpc) is 2.59. The highest BCUT2D eigenvalue weighted by Crippen LogP contribution is 2.32. The molecule has 0 aliphatic heterocycles. The van der Waals surface area contributed by atoms with Crippen LogP contribution in [0.5, 0.6) is 5.75 Å². The number of carbonyl (C=O) groups is 2. The zero-order chi connectivity index (χ0) is 20.9. The van der Waals surface area contributed by atoms with Crippen LogP contribution in [0.25, 0.3) is 0 Å². The number of nitrogens with zero attached hydrogens (tertiary/aromatic N) is 1. The van der Waals surface area contributed by atoms with E-state index in [4.69, 9.17) is 15.6 Å². The third-order valence-electron chi connectivity index (χ3n) is 3.46. The van der Waals surface area contributed by atoms with Crippen molar-refractivity contribution in [3.05, 3.63) is 63.6 Å². The van der Waals surface area contributed by atoms with Crippen LogP contribution in [0, 0.1) is 0 Å². The number of hydrogen-bond acceptors (Lipinski definition) is 3. The minimum atomic E-state index is -4.57. The van der Waals surface area contributed by atoms with Gasteiger partial charge in [-0.2, -0.15) is 18.2 Å². The first-order valence-corrected chi connectivity index (χ1v) is 8.54. The molecule has 0 atom stereocenters. The van der Waals surface area contributed by atoms with Crippen LogP contribution >= 0.6 is 15.9 Å². The van der Waals surface area contributed by atoms with Crippen LogP contribution in [0.4, 0.5) is 13.2 Å². The Balaban J connectivity index is 2.28. The first kappa shape index (κ1) is 21.4. The molecular weight excluding hydrogens is 445 g/mol. The fourth-order valence-electron chi connectivity index (χ4n) is 2.31. The van der Waals surface area contributed by atoms with Gasteiger partial charge < -0.3 is 15.6 Å². The summed E-state index contributed by atoms with van der Waals surface area (Å²) in [6, 6.07) is 9.07. The van der Waals surface area contributed by atoms with Crippen molar-refractivity contribution in [2.45, 2.75) is 12.6 Å². The number of carboxylic acid groups (broad SMARTS) is 1. The quantitative estimate of drug-likeness (QED) is 0.507. The maximum atomic E-state index is 13.1. The highest BCUT2D eigenvalue weighted by atomic mass is 79.9. The molecule has 3 N–H and O–H groups in total. The number of carbonyl (C=O) groups excluding carboxylic acids is 1. The Bertz CT molecular complexity index is 929. The van der Waals surface area contributed by atoms with E-state index in [0.29, 0.717) is 4.47 Å². The van der Waals surface area contributed by atoms with Gasteiger partial charge in [0.25, 0.3) is 5.91 Å². The van der Waals surface area contributed by atoms with E-state index in [1.807, 2.05) is 0 Å². The van der Waals surface area contributed by atoms with E-state index in [-0.39, 0.29) is 29.1 Å². The summed E-state index contributed by atoms with van der Waals surface area (Å²) in [4.78, 5) is 26.7. The van der Waals surface area contributed by atoms with Crippen LogP contribution in [0.1, 0.15) is 21.5 Å². The van der Waals surface area contributed by atoms with Gasteiger partial charge in [0.1, 0.15) is 11.6 Å². The van der Waals surface area contributed by atoms with E-state index < -0.39 is 30.2 Å². The summed E-state index contributed by atoms with van der Waals surface area (Å²) in [6.45, 7) is -0.680. The summed E-state index contributed by atoms with van der Waals surface area (Å²) in [5, 5.41) is 8.70. The number of nitrogens with two attached hydrogens (primary N) is 1. The number of hydrogen-bond donors (Lipinski definition) is 2. The van der Waals surface area contributed by atoms with Crippen molar-refractivity contribution in [1.82, 2.24) is 0 Å². The van der Waals surface area contributed by atoms with E-state index >= 15 is 0 Å². The monoisotopic (exact) mass is 458 g/mol. The molecule has 0 aliphatic carbocycles. The van der Waals surface area contributed by atoms with E-state index in [9.17, 15) is 22.8 Å². The standard InChI is InChI=1S/C18H14BrF3N2O4/c19-11-5-6-14(28-9-16(25)26)12(8-11)17(27)24-15(23)7-10-3-1-2-4-13(10)18(20,21)22/h1-6,8H,7,9H2,(H,25,26)(H2,23,24,27). The molecule has 10 heteroatoms. The predicted molar refractivity (Wildman–Crippen MR) is 98.4 cm³/mol. The Labute approximate surface area is 166 Å². The Kier molecular flexibility index (Phi) is 6.79. The topological polar surface area (TPSA) is 102 Å². The molecule has 0 radical (unpaired) electrons. The van der Waals surface area contributed by atoms with Gasteiger partial charge in [0.2, 0.25) is 0 Å². The number of aliphatic carboxylic acids is 1. The van der Waals surface area contributed by atoms with Crippen molar-refractivity contribution in [3.8, 4) is 5.75 Å². The number of benzene rings is 2. The van der Waals surface area contributed by atoms with Gasteiger partial charge >= 0.3 is 12.1 Å². The second-order valence-corrected chi connectivity index (χ2v) is 6.48. The SMILES string of the molecule is NC(Cc1ccccc1C(F)(F)F)=NC(=O)c1cc(Br)ccc1OCC(=O)O. The zero-order valence-corrected chi connectivity index (χ0v) is 15.8. The van der Waals surface area contributed by atoms with Gasteiger partial charge in [-0.1, -0.05) is 34.1 Å². The van der Waals surface area contributed by atoms with Gasteiger partial charge in [-0.3, -0.25) is 4.79 Å². The smallest absolute Gasteiger partial charge is 0.416 e. The van der Waals surface area contributed by atoms with Crippen molar-refractivity contribution < 1.29 is 32.6 Å². The summed E-state index contributed by atoms with van der Waals surface area (Å²) >= 11 is 3.17. The van der Waals surface area contributed by atoms with E-state index in [2.05, 4.69) is 20.9 Å². The second kappa shape index (κ2) is 8.87. The summed E-state index contributed by atoms with van der Waals surface area (Å²) in [5.74, 6) is -2.48. The van der Waals surface area contributed by atoms with Gasteiger partial charge in [0.15, 0.2) is 6.61 Å². The number of amidine groups is 1. The Morgan fingerprint density at radius 2 is 1.86 bits per heavy atom. The van der Waals surface area contributed by atoms with Crippen LogP contribution in [-0.2, 0) is 17.4 Å². The van der Waals surface area contributed by atoms with E-state index in [1.54, 1.807) is 0 Å². The van der Waals surface area contributed by atoms with Crippen molar-refractivity contribution in [2.75, 3.05) is 6.61 Å². The maximum absolute atomic E-state index is 13.1. The molecule has 0 saturated heterocycles. The number of halogens is 4. The highest BCUT2D eigenvalue weighted by molar-refractivity contribution is 9.10. The molecule has 0 bridgehead atoms. The van der Waals surface area contributed by atoms with Gasteiger partial charge in [-0.15, -0.1) is 0 Å². The minimum Gasteiger partial charge on any atom is -0.481 e.